The fourth-order valence-corrected chi connectivity index (χ4v) is 3.36. The summed E-state index contributed by atoms with van der Waals surface area (Å²) in [5.74, 6) is 0.560. The molecule has 2 atom stereocenters. The van der Waals surface area contributed by atoms with Crippen LogP contribution >= 0.6 is 15.9 Å². The Kier molecular flexibility index (Phi) is 4.63. The van der Waals surface area contributed by atoms with E-state index < -0.39 is 5.97 Å². The normalized spacial score (nSPS) is 24.4. The van der Waals surface area contributed by atoms with Crippen LogP contribution in [0.2, 0.25) is 0 Å². The Balaban J connectivity index is 2.13. The van der Waals surface area contributed by atoms with E-state index >= 15 is 0 Å². The van der Waals surface area contributed by atoms with Crippen LogP contribution in [0.5, 0.6) is 0 Å². The van der Waals surface area contributed by atoms with E-state index in [0.29, 0.717) is 17.4 Å². The van der Waals surface area contributed by atoms with Crippen molar-refractivity contribution < 1.29 is 9.90 Å². The molecule has 0 spiro atoms. The summed E-state index contributed by atoms with van der Waals surface area (Å²) in [6.07, 6.45) is 1.28. The number of hydrogen-bond acceptors (Lipinski definition) is 2. The van der Waals surface area contributed by atoms with E-state index in [9.17, 15) is 4.79 Å². The zero-order valence-electron chi connectivity index (χ0n) is 11.4. The molecule has 0 bridgehead atoms. The Hall–Kier alpha value is -0.870. The minimum atomic E-state index is -0.867. The first kappa shape index (κ1) is 14.5. The molecule has 3 nitrogen and oxygen atoms in total. The van der Waals surface area contributed by atoms with Gasteiger partial charge in [-0.25, -0.2) is 4.79 Å². The van der Waals surface area contributed by atoms with E-state index in [0.717, 1.165) is 29.7 Å². The van der Waals surface area contributed by atoms with Gasteiger partial charge in [0.1, 0.15) is 0 Å². The van der Waals surface area contributed by atoms with Gasteiger partial charge in [-0.15, -0.1) is 0 Å². The first-order valence-electron chi connectivity index (χ1n) is 6.69. The predicted molar refractivity (Wildman–Crippen MR) is 79.3 cm³/mol. The van der Waals surface area contributed by atoms with Gasteiger partial charge in [0.2, 0.25) is 0 Å². The van der Waals surface area contributed by atoms with Crippen molar-refractivity contribution in [1.82, 2.24) is 4.90 Å². The lowest BCUT2D eigenvalue weighted by atomic mass is 9.91. The maximum Gasteiger partial charge on any atom is 0.335 e. The molecule has 0 amide bonds. The Morgan fingerprint density at radius 3 is 2.58 bits per heavy atom. The molecule has 1 N–H and O–H groups in total. The quantitative estimate of drug-likeness (QED) is 0.922. The van der Waals surface area contributed by atoms with Crippen molar-refractivity contribution in [3.63, 3.8) is 0 Å². The van der Waals surface area contributed by atoms with Crippen LogP contribution < -0.4 is 0 Å². The Morgan fingerprint density at radius 1 is 1.37 bits per heavy atom. The number of aromatic carboxylic acids is 1. The summed E-state index contributed by atoms with van der Waals surface area (Å²) >= 11 is 3.52. The molecule has 0 aliphatic carbocycles. The second-order valence-electron chi connectivity index (χ2n) is 5.75. The molecule has 0 aromatic heterocycles. The molecule has 1 heterocycles. The maximum atomic E-state index is 11.0. The van der Waals surface area contributed by atoms with E-state index in [2.05, 4.69) is 34.7 Å². The summed E-state index contributed by atoms with van der Waals surface area (Å²) in [5, 5.41) is 9.06. The van der Waals surface area contributed by atoms with Gasteiger partial charge in [0.05, 0.1) is 5.56 Å². The zero-order chi connectivity index (χ0) is 14.0. The number of carboxylic acid groups (broad SMARTS) is 1. The summed E-state index contributed by atoms with van der Waals surface area (Å²) in [5.41, 5.74) is 1.41. The van der Waals surface area contributed by atoms with Crippen molar-refractivity contribution in [2.24, 2.45) is 11.8 Å². The van der Waals surface area contributed by atoms with Crippen LogP contribution in [0.25, 0.3) is 0 Å². The lowest BCUT2D eigenvalue weighted by Gasteiger charge is -2.35. The molecule has 2 rings (SSSR count). The summed E-state index contributed by atoms with van der Waals surface area (Å²) in [6.45, 7) is 7.56. The number of carbonyl (C=O) groups is 1. The van der Waals surface area contributed by atoms with Crippen LogP contribution in [0.15, 0.2) is 22.7 Å². The van der Waals surface area contributed by atoms with E-state index in [1.807, 2.05) is 6.07 Å². The van der Waals surface area contributed by atoms with Gasteiger partial charge in [-0.3, -0.25) is 4.90 Å². The second kappa shape index (κ2) is 6.06. The maximum absolute atomic E-state index is 11.0. The van der Waals surface area contributed by atoms with Crippen LogP contribution in [-0.4, -0.2) is 29.1 Å². The summed E-state index contributed by atoms with van der Waals surface area (Å²) in [7, 11) is 0. The molecule has 2 unspecified atom stereocenters. The van der Waals surface area contributed by atoms with Crippen molar-refractivity contribution >= 4 is 21.9 Å². The Bertz CT molecular complexity index is 465. The van der Waals surface area contributed by atoms with Crippen LogP contribution in [-0.2, 0) is 6.54 Å². The first-order chi connectivity index (χ1) is 8.95. The number of likely N-dealkylation sites (tertiary alicyclic amines) is 1. The van der Waals surface area contributed by atoms with Crippen LogP contribution in [0.3, 0.4) is 0 Å². The molecule has 4 heteroatoms. The molecular formula is C15H20BrNO2. The van der Waals surface area contributed by atoms with Gasteiger partial charge in [0, 0.05) is 24.1 Å². The molecule has 0 radical (unpaired) electrons. The molecule has 1 saturated heterocycles. The van der Waals surface area contributed by atoms with Crippen molar-refractivity contribution in [3.8, 4) is 0 Å². The molecule has 1 aliphatic rings. The topological polar surface area (TPSA) is 40.5 Å². The van der Waals surface area contributed by atoms with E-state index in [1.165, 1.54) is 6.42 Å². The molecule has 19 heavy (non-hydrogen) atoms. The minimum absolute atomic E-state index is 0.358. The summed E-state index contributed by atoms with van der Waals surface area (Å²) < 4.78 is 0.989. The standard InChI is InChI=1S/C15H20BrNO2/c1-10-5-11(2)8-17(7-10)9-13-6-12(15(18)19)3-4-14(13)16/h3-4,6,10-11H,5,7-9H2,1-2H3,(H,18,19). The number of hydrogen-bond donors (Lipinski definition) is 1. The Morgan fingerprint density at radius 2 is 2.00 bits per heavy atom. The second-order valence-corrected chi connectivity index (χ2v) is 6.61. The van der Waals surface area contributed by atoms with E-state index in [1.54, 1.807) is 12.1 Å². The van der Waals surface area contributed by atoms with Gasteiger partial charge in [0.25, 0.3) is 0 Å². The first-order valence-corrected chi connectivity index (χ1v) is 7.49. The highest BCUT2D eigenvalue weighted by atomic mass is 79.9. The number of piperidine rings is 1. The fourth-order valence-electron chi connectivity index (χ4n) is 2.99. The average molecular weight is 326 g/mol. The lowest BCUT2D eigenvalue weighted by Crippen LogP contribution is -2.38. The number of halogens is 1. The van der Waals surface area contributed by atoms with Crippen molar-refractivity contribution in [3.05, 3.63) is 33.8 Å². The molecule has 0 saturated carbocycles. The van der Waals surface area contributed by atoms with E-state index in [4.69, 9.17) is 5.11 Å². The molecule has 1 aromatic rings. The highest BCUT2D eigenvalue weighted by molar-refractivity contribution is 9.10. The van der Waals surface area contributed by atoms with Gasteiger partial charge in [-0.1, -0.05) is 29.8 Å². The van der Waals surface area contributed by atoms with Crippen LogP contribution in [0.4, 0.5) is 0 Å². The number of benzene rings is 1. The predicted octanol–water partition coefficient (Wildman–Crippen LogP) is 3.63. The largest absolute Gasteiger partial charge is 0.478 e. The van der Waals surface area contributed by atoms with Gasteiger partial charge >= 0.3 is 5.97 Å². The van der Waals surface area contributed by atoms with Crippen LogP contribution in [0.1, 0.15) is 36.2 Å². The number of nitrogens with zero attached hydrogens (tertiary/aromatic N) is 1. The SMILES string of the molecule is CC1CC(C)CN(Cc2cc(C(=O)O)ccc2Br)C1. The van der Waals surface area contributed by atoms with Gasteiger partial charge in [-0.05, 0) is 42.0 Å². The molecule has 104 valence electrons. The minimum Gasteiger partial charge on any atom is -0.478 e. The van der Waals surface area contributed by atoms with Crippen molar-refractivity contribution in [1.29, 1.82) is 0 Å². The van der Waals surface area contributed by atoms with Gasteiger partial charge in [-0.2, -0.15) is 0 Å². The van der Waals surface area contributed by atoms with Crippen molar-refractivity contribution in [2.45, 2.75) is 26.8 Å². The highest BCUT2D eigenvalue weighted by Gasteiger charge is 2.22. The van der Waals surface area contributed by atoms with Gasteiger partial charge < -0.3 is 5.11 Å². The monoisotopic (exact) mass is 325 g/mol. The molecule has 1 aromatic carbocycles. The fraction of sp³-hybridized carbons (Fsp3) is 0.533. The van der Waals surface area contributed by atoms with Crippen LogP contribution in [0, 0.1) is 11.8 Å². The smallest absolute Gasteiger partial charge is 0.335 e. The lowest BCUT2D eigenvalue weighted by molar-refractivity contribution is 0.0696. The zero-order valence-corrected chi connectivity index (χ0v) is 13.0. The molecule has 1 fully saturated rings. The van der Waals surface area contributed by atoms with Crippen molar-refractivity contribution in [2.75, 3.05) is 13.1 Å². The highest BCUT2D eigenvalue weighted by Crippen LogP contribution is 2.25. The molecule has 1 aliphatic heterocycles. The average Bonchev–Trinajstić information content (AvgIpc) is 2.30. The van der Waals surface area contributed by atoms with E-state index in [-0.39, 0.29) is 0 Å². The summed E-state index contributed by atoms with van der Waals surface area (Å²) in [4.78, 5) is 13.5. The van der Waals surface area contributed by atoms with Gasteiger partial charge in [0.15, 0.2) is 0 Å². The third-order valence-corrected chi connectivity index (χ3v) is 4.40. The number of rotatable bonds is 3. The molecular weight excluding hydrogens is 306 g/mol. The third-order valence-electron chi connectivity index (χ3n) is 3.63. The summed E-state index contributed by atoms with van der Waals surface area (Å²) in [6, 6.07) is 5.24. The Labute approximate surface area is 122 Å². The third kappa shape index (κ3) is 3.80. The number of carboxylic acids is 1.